The summed E-state index contributed by atoms with van der Waals surface area (Å²) in [5.74, 6) is 0.776. The van der Waals surface area contributed by atoms with E-state index in [4.69, 9.17) is 21.1 Å². The largest absolute Gasteiger partial charge is 0.490 e. The number of pyridine rings is 1. The number of hydrogen-bond acceptors (Lipinski definition) is 9. The van der Waals surface area contributed by atoms with Gasteiger partial charge in [-0.15, -0.1) is 10.2 Å². The number of hydrogen-bond donors (Lipinski definition) is 0. The van der Waals surface area contributed by atoms with Crippen LogP contribution in [-0.4, -0.2) is 73.7 Å². The van der Waals surface area contributed by atoms with Crippen molar-refractivity contribution >= 4 is 23.3 Å². The van der Waals surface area contributed by atoms with Crippen molar-refractivity contribution in [2.45, 2.75) is 78.2 Å². The Bertz CT molecular complexity index is 1820. The first-order chi connectivity index (χ1) is 23.6. The first kappa shape index (κ1) is 33.2. The van der Waals surface area contributed by atoms with E-state index in [1.54, 1.807) is 4.90 Å². The highest BCUT2D eigenvalue weighted by Crippen LogP contribution is 2.52. The quantitative estimate of drug-likeness (QED) is 0.180. The maximum Gasteiger partial charge on any atom is 0.282 e. The molecule has 2 aromatic carbocycles. The fourth-order valence-electron chi connectivity index (χ4n) is 7.52. The van der Waals surface area contributed by atoms with E-state index in [0.29, 0.717) is 5.82 Å². The number of rotatable bonds is 10. The van der Waals surface area contributed by atoms with Gasteiger partial charge in [0, 0.05) is 74.1 Å². The van der Waals surface area contributed by atoms with E-state index in [-0.39, 0.29) is 52.0 Å². The summed E-state index contributed by atoms with van der Waals surface area (Å²) in [6.07, 6.45) is 4.70. The molecule has 12 heteroatoms. The van der Waals surface area contributed by atoms with Crippen LogP contribution in [0.5, 0.6) is 17.4 Å². The van der Waals surface area contributed by atoms with E-state index < -0.39 is 5.82 Å². The number of nitrogens with zero attached hydrogens (tertiary/aromatic N) is 7. The van der Waals surface area contributed by atoms with Gasteiger partial charge in [0.2, 0.25) is 5.28 Å². The second-order valence-corrected chi connectivity index (χ2v) is 14.4. The van der Waals surface area contributed by atoms with Crippen LogP contribution in [0.3, 0.4) is 0 Å². The zero-order valence-corrected chi connectivity index (χ0v) is 29.0. The van der Waals surface area contributed by atoms with Crippen LogP contribution in [0.2, 0.25) is 5.28 Å². The van der Waals surface area contributed by atoms with Crippen LogP contribution in [0.1, 0.15) is 67.7 Å². The molecule has 1 saturated carbocycles. The maximum absolute atomic E-state index is 14.4. The Labute approximate surface area is 291 Å². The van der Waals surface area contributed by atoms with E-state index in [1.807, 2.05) is 46.0 Å². The zero-order valence-electron chi connectivity index (χ0n) is 28.3. The van der Waals surface area contributed by atoms with Crippen LogP contribution in [0, 0.1) is 11.2 Å². The van der Waals surface area contributed by atoms with Gasteiger partial charge in [-0.05, 0) is 82.0 Å². The van der Waals surface area contributed by atoms with E-state index in [2.05, 4.69) is 54.2 Å². The lowest BCUT2D eigenvalue weighted by Gasteiger charge is -2.58. The molecule has 1 aliphatic carbocycles. The van der Waals surface area contributed by atoms with Crippen molar-refractivity contribution < 1.29 is 18.7 Å². The highest BCUT2D eigenvalue weighted by molar-refractivity contribution is 6.28. The molecule has 2 fully saturated rings. The number of benzene rings is 2. The fraction of sp³-hybridized carbons (Fsp3) is 0.432. The standard InChI is InChI=1S/C37H41ClFN7O3/c1-23(2)46(24(3)4)35(47)28-16-26(39)10-11-31(28)49-34-33(41-36(38)43-42-34)45-21-37(22-45)17-27(18-37)48-32-12-14-40-30-13-15-44(20-29(30)32)19-25-8-6-5-7-9-25/h5-12,14,16,23-24,27H,13,15,17-22H2,1-4H3. The van der Waals surface area contributed by atoms with E-state index in [1.165, 1.54) is 29.3 Å². The summed E-state index contributed by atoms with van der Waals surface area (Å²) in [6, 6.07) is 16.2. The molecule has 1 spiro atoms. The Morgan fingerprint density at radius 2 is 1.80 bits per heavy atom. The molecule has 256 valence electrons. The highest BCUT2D eigenvalue weighted by atomic mass is 35.5. The average molecular weight is 686 g/mol. The minimum atomic E-state index is -0.535. The van der Waals surface area contributed by atoms with Crippen molar-refractivity contribution in [2.24, 2.45) is 5.41 Å². The van der Waals surface area contributed by atoms with Crippen LogP contribution in [-0.2, 0) is 19.5 Å². The molecule has 0 N–H and O–H groups in total. The molecule has 4 aromatic rings. The Hall–Kier alpha value is -4.35. The van der Waals surface area contributed by atoms with E-state index >= 15 is 0 Å². The average Bonchev–Trinajstić information content (AvgIpc) is 3.03. The van der Waals surface area contributed by atoms with Gasteiger partial charge < -0.3 is 19.3 Å². The first-order valence-corrected chi connectivity index (χ1v) is 17.3. The summed E-state index contributed by atoms with van der Waals surface area (Å²) in [5.41, 5.74) is 3.80. The molecule has 0 unspecified atom stereocenters. The molecule has 0 radical (unpaired) electrons. The van der Waals surface area contributed by atoms with Gasteiger partial charge in [0.25, 0.3) is 11.8 Å². The van der Waals surface area contributed by atoms with Crippen LogP contribution in [0.4, 0.5) is 10.2 Å². The van der Waals surface area contributed by atoms with Gasteiger partial charge in [-0.3, -0.25) is 14.7 Å². The lowest BCUT2D eigenvalue weighted by molar-refractivity contribution is -0.0353. The second kappa shape index (κ2) is 13.5. The third-order valence-electron chi connectivity index (χ3n) is 9.70. The number of anilines is 1. The van der Waals surface area contributed by atoms with Crippen LogP contribution >= 0.6 is 11.6 Å². The molecule has 4 heterocycles. The number of fused-ring (bicyclic) bond motifs is 1. The SMILES string of the molecule is CC(C)N(C(=O)c1cc(F)ccc1Oc1nnc(Cl)nc1N1CC2(CC(Oc3ccnc4c3CN(Cc3ccccc3)CC4)C2)C1)C(C)C. The van der Waals surface area contributed by atoms with Crippen molar-refractivity contribution in [1.82, 2.24) is 30.0 Å². The summed E-state index contributed by atoms with van der Waals surface area (Å²) >= 11 is 6.20. The van der Waals surface area contributed by atoms with Gasteiger partial charge in [0.1, 0.15) is 23.4 Å². The van der Waals surface area contributed by atoms with Gasteiger partial charge in [0.05, 0.1) is 5.56 Å². The summed E-state index contributed by atoms with van der Waals surface area (Å²) in [5, 5.41) is 8.09. The summed E-state index contributed by atoms with van der Waals surface area (Å²) < 4.78 is 27.2. The molecule has 10 nitrogen and oxygen atoms in total. The lowest BCUT2D eigenvalue weighted by Crippen LogP contribution is -2.65. The maximum atomic E-state index is 14.4. The van der Waals surface area contributed by atoms with Crippen LogP contribution in [0.15, 0.2) is 60.8 Å². The predicted octanol–water partition coefficient (Wildman–Crippen LogP) is 6.72. The van der Waals surface area contributed by atoms with Gasteiger partial charge in [-0.1, -0.05) is 30.3 Å². The molecule has 0 bridgehead atoms. The summed E-state index contributed by atoms with van der Waals surface area (Å²) in [6.45, 7) is 11.8. The Kier molecular flexibility index (Phi) is 9.15. The molecular weight excluding hydrogens is 645 g/mol. The van der Waals surface area contributed by atoms with Crippen molar-refractivity contribution in [2.75, 3.05) is 24.5 Å². The normalized spacial score (nSPS) is 17.1. The third kappa shape index (κ3) is 6.91. The number of halogens is 2. The van der Waals surface area contributed by atoms with Crippen molar-refractivity contribution in [3.05, 3.63) is 94.3 Å². The number of carbonyl (C=O) groups is 1. The first-order valence-electron chi connectivity index (χ1n) is 16.9. The molecule has 0 atom stereocenters. The zero-order chi connectivity index (χ0) is 34.3. The lowest BCUT2D eigenvalue weighted by atomic mass is 9.61. The highest BCUT2D eigenvalue weighted by Gasteiger charge is 2.54. The second-order valence-electron chi connectivity index (χ2n) is 14.0. The topological polar surface area (TPSA) is 96.8 Å². The van der Waals surface area contributed by atoms with Gasteiger partial charge in [-0.25, -0.2) is 4.39 Å². The molecule has 7 rings (SSSR count). The van der Waals surface area contributed by atoms with E-state index in [9.17, 15) is 9.18 Å². The van der Waals surface area contributed by atoms with Crippen LogP contribution in [0.25, 0.3) is 0 Å². The van der Waals surface area contributed by atoms with Crippen LogP contribution < -0.4 is 14.4 Å². The Morgan fingerprint density at radius 1 is 1.04 bits per heavy atom. The fourth-order valence-corrected chi connectivity index (χ4v) is 7.64. The monoisotopic (exact) mass is 685 g/mol. The minimum Gasteiger partial charge on any atom is -0.490 e. The minimum absolute atomic E-state index is 0.0110. The summed E-state index contributed by atoms with van der Waals surface area (Å²) in [4.78, 5) is 28.9. The number of aromatic nitrogens is 4. The van der Waals surface area contributed by atoms with Gasteiger partial charge in [-0.2, -0.15) is 4.98 Å². The van der Waals surface area contributed by atoms with Gasteiger partial charge in [0.15, 0.2) is 5.82 Å². The predicted molar refractivity (Wildman–Crippen MR) is 185 cm³/mol. The number of carbonyl (C=O) groups excluding carboxylic acids is 1. The summed E-state index contributed by atoms with van der Waals surface area (Å²) in [7, 11) is 0. The molecule has 1 amide bonds. The van der Waals surface area contributed by atoms with Crippen molar-refractivity contribution in [3.8, 4) is 17.4 Å². The van der Waals surface area contributed by atoms with Crippen molar-refractivity contribution in [3.63, 3.8) is 0 Å². The smallest absolute Gasteiger partial charge is 0.282 e. The third-order valence-corrected chi connectivity index (χ3v) is 9.86. The molecule has 49 heavy (non-hydrogen) atoms. The number of amides is 1. The molecule has 2 aliphatic heterocycles. The van der Waals surface area contributed by atoms with Crippen molar-refractivity contribution in [1.29, 1.82) is 0 Å². The molecule has 2 aromatic heterocycles. The Balaban J connectivity index is 1.01. The number of ether oxygens (including phenoxy) is 2. The molecule has 3 aliphatic rings. The molecular formula is C37H41ClFN7O3. The van der Waals surface area contributed by atoms with E-state index in [0.717, 1.165) is 63.4 Å². The van der Waals surface area contributed by atoms with Gasteiger partial charge >= 0.3 is 0 Å². The Morgan fingerprint density at radius 3 is 2.53 bits per heavy atom. The molecule has 1 saturated heterocycles.